The predicted octanol–water partition coefficient (Wildman–Crippen LogP) is 2.87. The maximum atomic E-state index is 11.9. The van der Waals surface area contributed by atoms with E-state index in [0.29, 0.717) is 5.54 Å². The Hall–Kier alpha value is -0.610. The zero-order valence-corrected chi connectivity index (χ0v) is 14.0. The van der Waals surface area contributed by atoms with E-state index < -0.39 is 11.5 Å². The normalized spacial score (nSPS) is 32.6. The van der Waals surface area contributed by atoms with Gasteiger partial charge in [-0.05, 0) is 77.9 Å². The summed E-state index contributed by atoms with van der Waals surface area (Å²) >= 11 is 0. The van der Waals surface area contributed by atoms with Crippen molar-refractivity contribution in [2.24, 2.45) is 5.92 Å². The Morgan fingerprint density at radius 3 is 2.67 bits per heavy atom. The predicted molar refractivity (Wildman–Crippen MR) is 85.5 cm³/mol. The van der Waals surface area contributed by atoms with E-state index in [-0.39, 0.29) is 5.92 Å². The second kappa shape index (κ2) is 6.66. The molecule has 1 aliphatic carbocycles. The number of carboxylic acid groups (broad SMARTS) is 1. The van der Waals surface area contributed by atoms with Crippen LogP contribution >= 0.6 is 0 Å². The van der Waals surface area contributed by atoms with Crippen LogP contribution in [0.4, 0.5) is 0 Å². The van der Waals surface area contributed by atoms with Gasteiger partial charge in [0.15, 0.2) is 0 Å². The van der Waals surface area contributed by atoms with Crippen molar-refractivity contribution >= 4 is 5.97 Å². The van der Waals surface area contributed by atoms with Gasteiger partial charge in [-0.1, -0.05) is 13.3 Å². The lowest BCUT2D eigenvalue weighted by Gasteiger charge is -2.36. The van der Waals surface area contributed by atoms with Gasteiger partial charge in [0.05, 0.1) is 0 Å². The van der Waals surface area contributed by atoms with Gasteiger partial charge < -0.3 is 10.4 Å². The molecule has 0 aromatic carbocycles. The monoisotopic (exact) mass is 296 g/mol. The van der Waals surface area contributed by atoms with Gasteiger partial charge in [-0.25, -0.2) is 0 Å². The van der Waals surface area contributed by atoms with Gasteiger partial charge >= 0.3 is 5.97 Å². The molecule has 21 heavy (non-hydrogen) atoms. The number of aliphatic carboxylic acids is 1. The van der Waals surface area contributed by atoms with Crippen LogP contribution in [-0.4, -0.2) is 46.7 Å². The highest BCUT2D eigenvalue weighted by molar-refractivity contribution is 5.79. The number of carboxylic acids is 1. The Labute approximate surface area is 129 Å². The van der Waals surface area contributed by atoms with Crippen LogP contribution in [0.5, 0.6) is 0 Å². The van der Waals surface area contributed by atoms with Crippen molar-refractivity contribution in [1.82, 2.24) is 10.2 Å². The molecule has 1 saturated carbocycles. The van der Waals surface area contributed by atoms with Crippen LogP contribution in [0.25, 0.3) is 0 Å². The average Bonchev–Trinajstić information content (AvgIpc) is 2.98. The first-order valence-electron chi connectivity index (χ1n) is 8.66. The SMILES string of the molecule is CCCNC1(C(=O)O)CCCC1CCN1CCCC1(C)C. The van der Waals surface area contributed by atoms with Gasteiger partial charge in [0.25, 0.3) is 0 Å². The fraction of sp³-hybridized carbons (Fsp3) is 0.941. The Bertz CT molecular complexity index is 370. The molecule has 2 aliphatic rings. The molecular weight excluding hydrogens is 264 g/mol. The van der Waals surface area contributed by atoms with Crippen LogP contribution < -0.4 is 5.32 Å². The maximum absolute atomic E-state index is 11.9. The Kier molecular flexibility index (Phi) is 5.31. The van der Waals surface area contributed by atoms with Crippen LogP contribution in [0.3, 0.4) is 0 Å². The lowest BCUT2D eigenvalue weighted by molar-refractivity contribution is -0.146. The van der Waals surface area contributed by atoms with E-state index in [0.717, 1.165) is 45.2 Å². The third-order valence-corrected chi connectivity index (χ3v) is 5.71. The van der Waals surface area contributed by atoms with Gasteiger partial charge in [0, 0.05) is 5.54 Å². The highest BCUT2D eigenvalue weighted by Crippen LogP contribution is 2.39. The molecule has 4 heteroatoms. The molecule has 2 fully saturated rings. The average molecular weight is 296 g/mol. The van der Waals surface area contributed by atoms with Gasteiger partial charge in [-0.3, -0.25) is 9.69 Å². The van der Waals surface area contributed by atoms with Crippen molar-refractivity contribution in [3.8, 4) is 0 Å². The fourth-order valence-electron chi connectivity index (χ4n) is 4.30. The first-order chi connectivity index (χ1) is 9.92. The van der Waals surface area contributed by atoms with Crippen molar-refractivity contribution in [3.63, 3.8) is 0 Å². The molecule has 1 heterocycles. The molecular formula is C17H32N2O2. The zero-order valence-electron chi connectivity index (χ0n) is 14.0. The number of nitrogens with one attached hydrogen (secondary N) is 1. The van der Waals surface area contributed by atoms with E-state index in [9.17, 15) is 9.90 Å². The molecule has 0 radical (unpaired) electrons. The van der Waals surface area contributed by atoms with E-state index in [2.05, 4.69) is 31.0 Å². The van der Waals surface area contributed by atoms with Crippen molar-refractivity contribution in [1.29, 1.82) is 0 Å². The number of hydrogen-bond acceptors (Lipinski definition) is 3. The quantitative estimate of drug-likeness (QED) is 0.758. The van der Waals surface area contributed by atoms with Gasteiger partial charge in [-0.2, -0.15) is 0 Å². The second-order valence-electron chi connectivity index (χ2n) is 7.48. The summed E-state index contributed by atoms with van der Waals surface area (Å²) in [5.41, 5.74) is -0.374. The first kappa shape index (κ1) is 16.8. The molecule has 4 nitrogen and oxygen atoms in total. The van der Waals surface area contributed by atoms with Crippen molar-refractivity contribution in [2.75, 3.05) is 19.6 Å². The summed E-state index contributed by atoms with van der Waals surface area (Å²) in [5, 5.41) is 13.2. The molecule has 2 unspecified atom stereocenters. The second-order valence-corrected chi connectivity index (χ2v) is 7.48. The third-order valence-electron chi connectivity index (χ3n) is 5.71. The lowest BCUT2D eigenvalue weighted by Crippen LogP contribution is -2.55. The number of hydrogen-bond donors (Lipinski definition) is 2. The van der Waals surface area contributed by atoms with Gasteiger partial charge in [-0.15, -0.1) is 0 Å². The Morgan fingerprint density at radius 2 is 2.10 bits per heavy atom. The molecule has 0 amide bonds. The van der Waals surface area contributed by atoms with Crippen LogP contribution in [0.15, 0.2) is 0 Å². The summed E-state index contributed by atoms with van der Waals surface area (Å²) in [6.45, 7) is 9.74. The molecule has 0 bridgehead atoms. The van der Waals surface area contributed by atoms with E-state index in [4.69, 9.17) is 0 Å². The van der Waals surface area contributed by atoms with Crippen LogP contribution in [0.1, 0.15) is 65.7 Å². The number of carbonyl (C=O) groups is 1. The zero-order chi connectivity index (χ0) is 15.5. The van der Waals surface area contributed by atoms with Crippen molar-refractivity contribution in [3.05, 3.63) is 0 Å². The van der Waals surface area contributed by atoms with Gasteiger partial charge in [0.2, 0.25) is 0 Å². The van der Waals surface area contributed by atoms with Crippen molar-refractivity contribution in [2.45, 2.75) is 76.8 Å². The topological polar surface area (TPSA) is 52.6 Å². The summed E-state index contributed by atoms with van der Waals surface area (Å²) in [7, 11) is 0. The summed E-state index contributed by atoms with van der Waals surface area (Å²) in [6.07, 6.45) is 7.41. The molecule has 2 N–H and O–H groups in total. The van der Waals surface area contributed by atoms with E-state index in [1.165, 1.54) is 19.4 Å². The standard InChI is InChI=1S/C17H32N2O2/c1-4-11-18-17(15(20)21)10-5-7-14(17)8-13-19-12-6-9-16(19,2)3/h14,18H,4-13H2,1-3H3,(H,20,21). The largest absolute Gasteiger partial charge is 0.480 e. The summed E-state index contributed by atoms with van der Waals surface area (Å²) in [4.78, 5) is 14.4. The number of rotatable bonds is 7. The van der Waals surface area contributed by atoms with E-state index in [1.54, 1.807) is 0 Å². The van der Waals surface area contributed by atoms with Crippen LogP contribution in [0, 0.1) is 5.92 Å². The van der Waals surface area contributed by atoms with Crippen LogP contribution in [0.2, 0.25) is 0 Å². The Balaban J connectivity index is 1.98. The maximum Gasteiger partial charge on any atom is 0.324 e. The third kappa shape index (κ3) is 3.42. The molecule has 0 aromatic heterocycles. The van der Waals surface area contributed by atoms with E-state index >= 15 is 0 Å². The molecule has 0 aromatic rings. The minimum Gasteiger partial charge on any atom is -0.480 e. The van der Waals surface area contributed by atoms with Crippen molar-refractivity contribution < 1.29 is 9.90 Å². The highest BCUT2D eigenvalue weighted by Gasteiger charge is 2.48. The summed E-state index contributed by atoms with van der Waals surface area (Å²) < 4.78 is 0. The minimum atomic E-state index is -0.667. The first-order valence-corrected chi connectivity index (χ1v) is 8.66. The summed E-state index contributed by atoms with van der Waals surface area (Å²) in [5.74, 6) is -0.364. The molecule has 1 aliphatic heterocycles. The lowest BCUT2D eigenvalue weighted by atomic mass is 9.84. The number of nitrogens with zero attached hydrogens (tertiary/aromatic N) is 1. The Morgan fingerprint density at radius 1 is 1.33 bits per heavy atom. The van der Waals surface area contributed by atoms with Crippen LogP contribution in [-0.2, 0) is 4.79 Å². The van der Waals surface area contributed by atoms with E-state index in [1.807, 2.05) is 0 Å². The minimum absolute atomic E-state index is 0.276. The highest BCUT2D eigenvalue weighted by atomic mass is 16.4. The molecule has 0 spiro atoms. The summed E-state index contributed by atoms with van der Waals surface area (Å²) in [6, 6.07) is 0. The smallest absolute Gasteiger partial charge is 0.324 e. The molecule has 122 valence electrons. The molecule has 1 saturated heterocycles. The van der Waals surface area contributed by atoms with Gasteiger partial charge in [0.1, 0.15) is 5.54 Å². The molecule has 2 rings (SSSR count). The molecule has 2 atom stereocenters. The number of likely N-dealkylation sites (tertiary alicyclic amines) is 1. The fourth-order valence-corrected chi connectivity index (χ4v) is 4.30.